The van der Waals surface area contributed by atoms with E-state index < -0.39 is 0 Å². The first-order chi connectivity index (χ1) is 9.85. The van der Waals surface area contributed by atoms with Gasteiger partial charge in [-0.05, 0) is 44.1 Å². The number of rotatable bonds is 9. The van der Waals surface area contributed by atoms with E-state index in [0.29, 0.717) is 6.61 Å². The third kappa shape index (κ3) is 4.08. The number of carbonyl (C=O) groups excluding carboxylic acids is 1. The Morgan fingerprint density at radius 2 is 2.35 bits per heavy atom. The average Bonchev–Trinajstić information content (AvgIpc) is 2.95. The number of fused-ring (bicyclic) bond motifs is 1. The molecule has 1 atom stereocenters. The minimum Gasteiger partial charge on any atom is -0.360 e. The third-order valence-electron chi connectivity index (χ3n) is 3.08. The van der Waals surface area contributed by atoms with Crippen LogP contribution in [0, 0.1) is 0 Å². The average molecular weight is 292 g/mol. The van der Waals surface area contributed by atoms with E-state index in [1.54, 1.807) is 11.8 Å². The van der Waals surface area contributed by atoms with Crippen molar-refractivity contribution < 1.29 is 9.53 Å². The first-order valence-corrected chi connectivity index (χ1v) is 7.98. The summed E-state index contributed by atoms with van der Waals surface area (Å²) in [7, 11) is 0. The number of unbranched alkanes of at least 4 members (excludes halogenated alkanes) is 1. The Morgan fingerprint density at radius 3 is 3.15 bits per heavy atom. The van der Waals surface area contributed by atoms with Gasteiger partial charge in [0.15, 0.2) is 11.7 Å². The Bertz CT molecular complexity index is 541. The topological polar surface area (TPSA) is 43.6 Å². The highest BCUT2D eigenvalue weighted by Crippen LogP contribution is 2.15. The van der Waals surface area contributed by atoms with E-state index in [-0.39, 0.29) is 5.44 Å². The normalized spacial score (nSPS) is 12.7. The lowest BCUT2D eigenvalue weighted by molar-refractivity contribution is -0.113. The molecule has 2 rings (SSSR count). The van der Waals surface area contributed by atoms with Gasteiger partial charge >= 0.3 is 0 Å². The van der Waals surface area contributed by atoms with Gasteiger partial charge in [-0.25, -0.2) is 4.98 Å². The predicted octanol–water partition coefficient (Wildman–Crippen LogP) is 2.95. The fourth-order valence-electron chi connectivity index (χ4n) is 2.11. The summed E-state index contributed by atoms with van der Waals surface area (Å²) in [4.78, 5) is 14.9. The number of carbonyl (C=O) groups is 1. The van der Waals surface area contributed by atoms with Crippen LogP contribution in [0.15, 0.2) is 30.7 Å². The monoisotopic (exact) mass is 292 g/mol. The summed E-state index contributed by atoms with van der Waals surface area (Å²) < 4.78 is 7.41. The van der Waals surface area contributed by atoms with Gasteiger partial charge in [-0.2, -0.15) is 0 Å². The van der Waals surface area contributed by atoms with Crippen molar-refractivity contribution in [3.05, 3.63) is 36.4 Å². The van der Waals surface area contributed by atoms with Crippen molar-refractivity contribution in [3.8, 4) is 0 Å². The molecule has 0 aromatic carbocycles. The quantitative estimate of drug-likeness (QED) is 0.405. The molecule has 0 saturated carbocycles. The van der Waals surface area contributed by atoms with E-state index in [1.807, 2.05) is 19.4 Å². The van der Waals surface area contributed by atoms with E-state index >= 15 is 0 Å². The molecule has 0 N–H and O–H groups in total. The number of hydrogen-bond donors (Lipinski definition) is 0. The van der Waals surface area contributed by atoms with Crippen LogP contribution in [-0.4, -0.2) is 33.5 Å². The zero-order valence-electron chi connectivity index (χ0n) is 11.7. The van der Waals surface area contributed by atoms with Crippen LogP contribution in [0.3, 0.4) is 0 Å². The maximum Gasteiger partial charge on any atom is 0.159 e. The molecule has 0 radical (unpaired) electrons. The molecule has 5 heteroatoms. The van der Waals surface area contributed by atoms with Crippen LogP contribution in [0.5, 0.6) is 0 Å². The Kier molecular flexibility index (Phi) is 6.08. The van der Waals surface area contributed by atoms with E-state index in [4.69, 9.17) is 4.74 Å². The Balaban J connectivity index is 1.73. The second-order valence-electron chi connectivity index (χ2n) is 4.49. The lowest BCUT2D eigenvalue weighted by Gasteiger charge is -2.09. The molecule has 0 aliphatic rings. The molecule has 0 fully saturated rings. The van der Waals surface area contributed by atoms with Crippen LogP contribution < -0.4 is 0 Å². The van der Waals surface area contributed by atoms with Crippen LogP contribution in [-0.2, 0) is 16.0 Å². The van der Waals surface area contributed by atoms with Crippen molar-refractivity contribution in [2.75, 3.05) is 12.4 Å². The van der Waals surface area contributed by atoms with Crippen LogP contribution >= 0.6 is 11.8 Å². The number of nitrogens with zero attached hydrogens (tertiary/aromatic N) is 2. The fourth-order valence-corrected chi connectivity index (χ4v) is 3.02. The van der Waals surface area contributed by atoms with Gasteiger partial charge in [-0.1, -0.05) is 6.07 Å². The number of aryl methyl sites for hydroxylation is 1. The molecule has 0 saturated heterocycles. The molecular weight excluding hydrogens is 272 g/mol. The fraction of sp³-hybridized carbons (Fsp3) is 0.467. The number of ether oxygens (including phenoxy) is 1. The summed E-state index contributed by atoms with van der Waals surface area (Å²) in [5.74, 6) is 0.948. The zero-order valence-corrected chi connectivity index (χ0v) is 12.5. The summed E-state index contributed by atoms with van der Waals surface area (Å²) in [6.07, 6.45) is 7.80. The molecule has 0 aliphatic carbocycles. The smallest absolute Gasteiger partial charge is 0.159 e. The van der Waals surface area contributed by atoms with Gasteiger partial charge in [-0.3, -0.25) is 4.79 Å². The van der Waals surface area contributed by atoms with Crippen molar-refractivity contribution >= 4 is 23.6 Å². The Hall–Kier alpha value is -1.33. The molecule has 1 unspecified atom stereocenters. The molecule has 0 spiro atoms. The minimum atomic E-state index is -0.308. The van der Waals surface area contributed by atoms with Gasteiger partial charge in [0, 0.05) is 12.3 Å². The van der Waals surface area contributed by atoms with Gasteiger partial charge < -0.3 is 9.14 Å². The number of thioether (sulfide) groups is 1. The van der Waals surface area contributed by atoms with Gasteiger partial charge in [0.25, 0.3) is 0 Å². The standard InChI is InChI=1S/C15H20N2O2S/c1-2-19-15(11-18)20-9-4-3-6-13-7-5-8-14-10-16-12-17(13)14/h5,7-8,10-12,15H,2-4,6,9H2,1H3. The third-order valence-corrected chi connectivity index (χ3v) is 4.18. The van der Waals surface area contributed by atoms with Crippen molar-refractivity contribution in [3.63, 3.8) is 0 Å². The Morgan fingerprint density at radius 1 is 1.45 bits per heavy atom. The van der Waals surface area contributed by atoms with Gasteiger partial charge in [0.1, 0.15) is 0 Å². The Labute approximate surface area is 123 Å². The van der Waals surface area contributed by atoms with Gasteiger partial charge in [-0.15, -0.1) is 11.8 Å². The molecular formula is C15H20N2O2S. The molecule has 0 aliphatic heterocycles. The summed E-state index contributed by atoms with van der Waals surface area (Å²) in [5.41, 5.74) is 2.10. The van der Waals surface area contributed by atoms with E-state index in [1.165, 1.54) is 5.69 Å². The second-order valence-corrected chi connectivity index (χ2v) is 5.70. The molecule has 0 bridgehead atoms. The maximum atomic E-state index is 10.7. The largest absolute Gasteiger partial charge is 0.360 e. The van der Waals surface area contributed by atoms with Crippen LogP contribution in [0.4, 0.5) is 0 Å². The second kappa shape index (κ2) is 8.07. The first-order valence-electron chi connectivity index (χ1n) is 6.93. The van der Waals surface area contributed by atoms with Gasteiger partial charge in [0.05, 0.1) is 18.0 Å². The van der Waals surface area contributed by atoms with Crippen molar-refractivity contribution in [2.45, 2.75) is 31.6 Å². The van der Waals surface area contributed by atoms with Crippen LogP contribution in [0.25, 0.3) is 5.52 Å². The van der Waals surface area contributed by atoms with Crippen molar-refractivity contribution in [2.24, 2.45) is 0 Å². The molecule has 108 valence electrons. The lowest BCUT2D eigenvalue weighted by atomic mass is 10.2. The predicted molar refractivity (Wildman–Crippen MR) is 82.1 cm³/mol. The first kappa shape index (κ1) is 15.1. The summed E-state index contributed by atoms with van der Waals surface area (Å²) in [6, 6.07) is 6.26. The number of aldehydes is 1. The summed E-state index contributed by atoms with van der Waals surface area (Å²) >= 11 is 1.58. The molecule has 2 aromatic rings. The maximum absolute atomic E-state index is 10.7. The molecule has 2 heterocycles. The lowest BCUT2D eigenvalue weighted by Crippen LogP contribution is -2.10. The highest BCUT2D eigenvalue weighted by molar-refractivity contribution is 8.00. The van der Waals surface area contributed by atoms with Crippen LogP contribution in [0.2, 0.25) is 0 Å². The zero-order chi connectivity index (χ0) is 14.2. The van der Waals surface area contributed by atoms with Crippen LogP contribution in [0.1, 0.15) is 25.5 Å². The van der Waals surface area contributed by atoms with E-state index in [9.17, 15) is 4.79 Å². The molecule has 4 nitrogen and oxygen atoms in total. The highest BCUT2D eigenvalue weighted by Gasteiger charge is 2.06. The molecule has 20 heavy (non-hydrogen) atoms. The summed E-state index contributed by atoms with van der Waals surface area (Å²) in [5, 5.41) is 0. The van der Waals surface area contributed by atoms with Crippen molar-refractivity contribution in [1.29, 1.82) is 0 Å². The highest BCUT2D eigenvalue weighted by atomic mass is 32.2. The summed E-state index contributed by atoms with van der Waals surface area (Å²) in [6.45, 7) is 2.49. The number of hydrogen-bond acceptors (Lipinski definition) is 4. The molecule has 2 aromatic heterocycles. The minimum absolute atomic E-state index is 0.308. The number of pyridine rings is 1. The van der Waals surface area contributed by atoms with Gasteiger partial charge in [0.2, 0.25) is 0 Å². The SMILES string of the molecule is CCOC(C=O)SCCCCc1cccc2cncn12. The van der Waals surface area contributed by atoms with Crippen molar-refractivity contribution in [1.82, 2.24) is 9.38 Å². The van der Waals surface area contributed by atoms with E-state index in [0.717, 1.165) is 36.8 Å². The van der Waals surface area contributed by atoms with E-state index in [2.05, 4.69) is 27.6 Å². The number of imidazole rings is 1. The number of aromatic nitrogens is 2. The molecule has 0 amide bonds.